The number of hydrogen-bond acceptors (Lipinski definition) is 3. The van der Waals surface area contributed by atoms with Crippen LogP contribution in [-0.2, 0) is 9.59 Å². The molecule has 2 amide bonds. The monoisotopic (exact) mass is 373 g/mol. The second-order valence-electron chi connectivity index (χ2n) is 6.48. The lowest BCUT2D eigenvalue weighted by molar-refractivity contribution is -0.120. The van der Waals surface area contributed by atoms with Gasteiger partial charge in [0.05, 0.1) is 12.5 Å². The van der Waals surface area contributed by atoms with Gasteiger partial charge in [-0.25, -0.2) is 0 Å². The molecule has 5 heteroatoms. The van der Waals surface area contributed by atoms with Crippen LogP contribution in [0, 0.1) is 0 Å². The summed E-state index contributed by atoms with van der Waals surface area (Å²) in [5, 5.41) is 9.03. The van der Waals surface area contributed by atoms with E-state index in [1.54, 1.807) is 0 Å². The van der Waals surface area contributed by atoms with E-state index >= 15 is 0 Å². The Morgan fingerprint density at radius 2 is 1.29 bits per heavy atom. The van der Waals surface area contributed by atoms with Crippen LogP contribution in [0.25, 0.3) is 0 Å². The molecule has 0 bridgehead atoms. The Kier molecular flexibility index (Phi) is 6.41. The van der Waals surface area contributed by atoms with E-state index < -0.39 is 0 Å². The molecule has 0 saturated heterocycles. The number of rotatable bonds is 7. The maximum absolute atomic E-state index is 12.5. The zero-order chi connectivity index (χ0) is 19.8. The summed E-state index contributed by atoms with van der Waals surface area (Å²) in [4.78, 5) is 24.0. The first kappa shape index (κ1) is 19.2. The predicted octanol–water partition coefficient (Wildman–Crippen LogP) is 4.64. The highest BCUT2D eigenvalue weighted by atomic mass is 16.2. The van der Waals surface area contributed by atoms with E-state index in [1.165, 1.54) is 6.92 Å². The molecule has 142 valence electrons. The number of para-hydroxylation sites is 1. The average Bonchev–Trinajstić information content (AvgIpc) is 2.70. The Morgan fingerprint density at radius 1 is 0.750 bits per heavy atom. The van der Waals surface area contributed by atoms with E-state index in [9.17, 15) is 9.59 Å². The molecule has 0 aliphatic heterocycles. The summed E-state index contributed by atoms with van der Waals surface area (Å²) >= 11 is 0. The van der Waals surface area contributed by atoms with Gasteiger partial charge in [-0.05, 0) is 42.0 Å². The van der Waals surface area contributed by atoms with E-state index in [0.29, 0.717) is 5.69 Å². The molecule has 0 heterocycles. The van der Waals surface area contributed by atoms with Gasteiger partial charge >= 0.3 is 0 Å². The molecule has 1 unspecified atom stereocenters. The highest BCUT2D eigenvalue weighted by Crippen LogP contribution is 2.20. The standard InChI is InChI=1S/C23H23N3O2/c1-17(27)24-22(18-8-4-2-5-9-18)16-23(28)26-21-14-12-20(13-15-21)25-19-10-6-3-7-11-19/h2-15,22,25H,16H2,1H3,(H,24,27)(H,26,28). The van der Waals surface area contributed by atoms with Crippen LogP contribution in [0.4, 0.5) is 17.1 Å². The average molecular weight is 373 g/mol. The van der Waals surface area contributed by atoms with Gasteiger partial charge in [-0.3, -0.25) is 9.59 Å². The molecule has 0 radical (unpaired) electrons. The number of carbonyl (C=O) groups is 2. The molecule has 3 rings (SSSR count). The summed E-state index contributed by atoms with van der Waals surface area (Å²) in [5.74, 6) is -0.329. The van der Waals surface area contributed by atoms with Gasteiger partial charge in [0.15, 0.2) is 0 Å². The summed E-state index contributed by atoms with van der Waals surface area (Å²) in [5.41, 5.74) is 3.54. The summed E-state index contributed by atoms with van der Waals surface area (Å²) in [6, 6.07) is 26.5. The molecular weight excluding hydrogens is 350 g/mol. The summed E-state index contributed by atoms with van der Waals surface area (Å²) in [6.07, 6.45) is 0.160. The lowest BCUT2D eigenvalue weighted by Gasteiger charge is -2.18. The molecule has 0 aliphatic carbocycles. The van der Waals surface area contributed by atoms with Crippen LogP contribution in [-0.4, -0.2) is 11.8 Å². The molecule has 28 heavy (non-hydrogen) atoms. The number of nitrogens with one attached hydrogen (secondary N) is 3. The fourth-order valence-corrected chi connectivity index (χ4v) is 2.91. The highest BCUT2D eigenvalue weighted by Gasteiger charge is 2.17. The van der Waals surface area contributed by atoms with Crippen molar-refractivity contribution in [3.63, 3.8) is 0 Å². The van der Waals surface area contributed by atoms with Gasteiger partial charge in [0.2, 0.25) is 11.8 Å². The zero-order valence-electron chi connectivity index (χ0n) is 15.7. The number of hydrogen-bond donors (Lipinski definition) is 3. The topological polar surface area (TPSA) is 70.2 Å². The van der Waals surface area contributed by atoms with Crippen LogP contribution in [0.15, 0.2) is 84.9 Å². The van der Waals surface area contributed by atoms with Crippen molar-refractivity contribution in [1.82, 2.24) is 5.32 Å². The van der Waals surface area contributed by atoms with Crippen molar-refractivity contribution in [3.8, 4) is 0 Å². The van der Waals surface area contributed by atoms with Crippen molar-refractivity contribution in [2.45, 2.75) is 19.4 Å². The fourth-order valence-electron chi connectivity index (χ4n) is 2.91. The van der Waals surface area contributed by atoms with Crippen molar-refractivity contribution in [2.75, 3.05) is 10.6 Å². The van der Waals surface area contributed by atoms with Crippen LogP contribution in [0.2, 0.25) is 0 Å². The van der Waals surface area contributed by atoms with E-state index in [1.807, 2.05) is 84.9 Å². The first-order valence-corrected chi connectivity index (χ1v) is 9.14. The third-order valence-corrected chi connectivity index (χ3v) is 4.20. The molecule has 0 fully saturated rings. The second kappa shape index (κ2) is 9.37. The molecule has 3 aromatic carbocycles. The number of benzene rings is 3. The third-order valence-electron chi connectivity index (χ3n) is 4.20. The number of anilines is 3. The van der Waals surface area contributed by atoms with Gasteiger partial charge in [0.1, 0.15) is 0 Å². The van der Waals surface area contributed by atoms with E-state index in [-0.39, 0.29) is 24.3 Å². The largest absolute Gasteiger partial charge is 0.356 e. The number of amides is 2. The lowest BCUT2D eigenvalue weighted by Crippen LogP contribution is -2.29. The van der Waals surface area contributed by atoms with Crippen LogP contribution in [0.1, 0.15) is 24.9 Å². The molecule has 3 aromatic rings. The van der Waals surface area contributed by atoms with Gasteiger partial charge in [-0.1, -0.05) is 48.5 Å². The zero-order valence-corrected chi connectivity index (χ0v) is 15.7. The Balaban J connectivity index is 1.60. The van der Waals surface area contributed by atoms with Gasteiger partial charge in [-0.15, -0.1) is 0 Å². The first-order valence-electron chi connectivity index (χ1n) is 9.14. The second-order valence-corrected chi connectivity index (χ2v) is 6.48. The molecule has 0 aromatic heterocycles. The van der Waals surface area contributed by atoms with Crippen LogP contribution in [0.5, 0.6) is 0 Å². The van der Waals surface area contributed by atoms with Crippen molar-refractivity contribution < 1.29 is 9.59 Å². The number of carbonyl (C=O) groups excluding carboxylic acids is 2. The SMILES string of the molecule is CC(=O)NC(CC(=O)Nc1ccc(Nc2ccccc2)cc1)c1ccccc1. The molecule has 5 nitrogen and oxygen atoms in total. The van der Waals surface area contributed by atoms with E-state index in [4.69, 9.17) is 0 Å². The fraction of sp³-hybridized carbons (Fsp3) is 0.130. The van der Waals surface area contributed by atoms with E-state index in [2.05, 4.69) is 16.0 Å². The third kappa shape index (κ3) is 5.71. The van der Waals surface area contributed by atoms with E-state index in [0.717, 1.165) is 16.9 Å². The minimum Gasteiger partial charge on any atom is -0.356 e. The molecule has 3 N–H and O–H groups in total. The van der Waals surface area contributed by atoms with Gasteiger partial charge < -0.3 is 16.0 Å². The summed E-state index contributed by atoms with van der Waals surface area (Å²) in [7, 11) is 0. The predicted molar refractivity (Wildman–Crippen MR) is 112 cm³/mol. The minimum atomic E-state index is -0.363. The van der Waals surface area contributed by atoms with Gasteiger partial charge in [-0.2, -0.15) is 0 Å². The smallest absolute Gasteiger partial charge is 0.226 e. The Morgan fingerprint density at radius 3 is 1.89 bits per heavy atom. The Hall–Kier alpha value is -3.60. The van der Waals surface area contributed by atoms with Crippen molar-refractivity contribution >= 4 is 28.9 Å². The van der Waals surface area contributed by atoms with Gasteiger partial charge in [0, 0.05) is 24.0 Å². The highest BCUT2D eigenvalue weighted by molar-refractivity contribution is 5.91. The van der Waals surface area contributed by atoms with Gasteiger partial charge in [0.25, 0.3) is 0 Å². The molecule has 0 spiro atoms. The minimum absolute atomic E-state index is 0.160. The molecular formula is C23H23N3O2. The van der Waals surface area contributed by atoms with Crippen molar-refractivity contribution in [1.29, 1.82) is 0 Å². The Labute approximate surface area is 164 Å². The summed E-state index contributed by atoms with van der Waals surface area (Å²) < 4.78 is 0. The van der Waals surface area contributed by atoms with Crippen LogP contribution >= 0.6 is 0 Å². The maximum Gasteiger partial charge on any atom is 0.226 e. The molecule has 1 atom stereocenters. The first-order chi connectivity index (χ1) is 13.6. The molecule has 0 aliphatic rings. The Bertz CT molecular complexity index is 910. The normalized spacial score (nSPS) is 11.3. The maximum atomic E-state index is 12.5. The lowest BCUT2D eigenvalue weighted by atomic mass is 10.0. The van der Waals surface area contributed by atoms with Crippen molar-refractivity contribution in [2.24, 2.45) is 0 Å². The summed E-state index contributed by atoms with van der Waals surface area (Å²) in [6.45, 7) is 1.45. The van der Waals surface area contributed by atoms with Crippen molar-refractivity contribution in [3.05, 3.63) is 90.5 Å². The molecule has 0 saturated carbocycles. The quantitative estimate of drug-likeness (QED) is 0.565. The van der Waals surface area contributed by atoms with Crippen LogP contribution < -0.4 is 16.0 Å². The van der Waals surface area contributed by atoms with Crippen LogP contribution in [0.3, 0.4) is 0 Å².